The topological polar surface area (TPSA) is 53.9 Å². The molecule has 6 heteroatoms. The van der Waals surface area contributed by atoms with Crippen molar-refractivity contribution in [1.29, 1.82) is 0 Å². The Balaban J connectivity index is 1.91. The highest BCUT2D eigenvalue weighted by Crippen LogP contribution is 2.42. The van der Waals surface area contributed by atoms with Gasteiger partial charge in [0.1, 0.15) is 0 Å². The average molecular weight is 327 g/mol. The number of carbonyl (C=O) groups is 1. The summed E-state index contributed by atoms with van der Waals surface area (Å²) in [5, 5.41) is 3.34. The molecule has 1 atom stereocenters. The number of methoxy groups -OCH3 is 1. The van der Waals surface area contributed by atoms with Crippen LogP contribution in [0.4, 0.5) is 0 Å². The molecule has 1 spiro atoms. The van der Waals surface area contributed by atoms with Crippen LogP contribution in [0.5, 0.6) is 0 Å². The molecule has 2 rings (SSSR count). The summed E-state index contributed by atoms with van der Waals surface area (Å²) in [5.74, 6) is 1.74. The second kappa shape index (κ2) is 8.09. The maximum atomic E-state index is 11.5. The molecular formula is C16H29N3O2S. The smallest absolute Gasteiger partial charge is 0.310 e. The van der Waals surface area contributed by atoms with E-state index in [0.29, 0.717) is 11.3 Å². The number of hydrogen-bond donors (Lipinski definition) is 1. The van der Waals surface area contributed by atoms with Crippen molar-refractivity contribution in [3.63, 3.8) is 0 Å². The fourth-order valence-corrected chi connectivity index (χ4v) is 4.95. The molecule has 0 amide bonds. The fourth-order valence-electron chi connectivity index (χ4n) is 3.39. The summed E-state index contributed by atoms with van der Waals surface area (Å²) in [4.78, 5) is 18.3. The molecule has 5 nitrogen and oxygen atoms in total. The lowest BCUT2D eigenvalue weighted by Crippen LogP contribution is -2.54. The largest absolute Gasteiger partial charge is 0.469 e. The molecule has 0 aromatic carbocycles. The molecule has 0 aromatic rings. The van der Waals surface area contributed by atoms with Crippen LogP contribution in [0.2, 0.25) is 0 Å². The van der Waals surface area contributed by atoms with Crippen LogP contribution >= 0.6 is 11.8 Å². The van der Waals surface area contributed by atoms with Gasteiger partial charge in [0.25, 0.3) is 0 Å². The van der Waals surface area contributed by atoms with Gasteiger partial charge in [-0.05, 0) is 12.8 Å². The summed E-state index contributed by atoms with van der Waals surface area (Å²) in [6.45, 7) is 4.54. The molecule has 1 saturated heterocycles. The first-order valence-corrected chi connectivity index (χ1v) is 9.26. The Hall–Kier alpha value is -0.910. The molecule has 0 bridgehead atoms. The molecule has 1 saturated carbocycles. The van der Waals surface area contributed by atoms with Gasteiger partial charge in [-0.25, -0.2) is 0 Å². The van der Waals surface area contributed by atoms with Gasteiger partial charge in [-0.1, -0.05) is 26.2 Å². The molecule has 2 aliphatic rings. The van der Waals surface area contributed by atoms with Crippen LogP contribution in [0.25, 0.3) is 0 Å². The molecule has 0 radical (unpaired) electrons. The Kier molecular flexibility index (Phi) is 6.41. The minimum atomic E-state index is -0.180. The third-order valence-corrected chi connectivity index (χ3v) is 6.23. The first-order valence-electron chi connectivity index (χ1n) is 8.27. The monoisotopic (exact) mass is 327 g/mol. The van der Waals surface area contributed by atoms with Crippen LogP contribution in [0.1, 0.15) is 39.0 Å². The Labute approximate surface area is 138 Å². The number of thioether (sulfide) groups is 1. The van der Waals surface area contributed by atoms with Crippen molar-refractivity contribution < 1.29 is 9.53 Å². The zero-order chi connectivity index (χ0) is 16.0. The molecule has 1 unspecified atom stereocenters. The van der Waals surface area contributed by atoms with Crippen molar-refractivity contribution in [2.24, 2.45) is 10.9 Å². The van der Waals surface area contributed by atoms with Crippen LogP contribution in [-0.4, -0.2) is 61.1 Å². The van der Waals surface area contributed by atoms with Crippen molar-refractivity contribution in [1.82, 2.24) is 10.2 Å². The second-order valence-electron chi connectivity index (χ2n) is 6.37. The zero-order valence-corrected chi connectivity index (χ0v) is 14.9. The highest BCUT2D eigenvalue weighted by atomic mass is 32.2. The van der Waals surface area contributed by atoms with Crippen LogP contribution in [0.3, 0.4) is 0 Å². The second-order valence-corrected chi connectivity index (χ2v) is 7.93. The highest BCUT2D eigenvalue weighted by Gasteiger charge is 2.38. The van der Waals surface area contributed by atoms with Crippen LogP contribution in [0, 0.1) is 5.92 Å². The maximum Gasteiger partial charge on any atom is 0.310 e. The molecule has 2 fully saturated rings. The Bertz CT molecular complexity index is 403. The van der Waals surface area contributed by atoms with Gasteiger partial charge in [-0.15, -0.1) is 0 Å². The number of nitrogens with zero attached hydrogens (tertiary/aromatic N) is 2. The van der Waals surface area contributed by atoms with Gasteiger partial charge in [0.2, 0.25) is 0 Å². The summed E-state index contributed by atoms with van der Waals surface area (Å²) >= 11 is 2.15. The van der Waals surface area contributed by atoms with Crippen molar-refractivity contribution in [3.8, 4) is 0 Å². The van der Waals surface area contributed by atoms with Gasteiger partial charge in [-0.2, -0.15) is 11.8 Å². The Morgan fingerprint density at radius 2 is 2.14 bits per heavy atom. The van der Waals surface area contributed by atoms with Crippen LogP contribution in [-0.2, 0) is 9.53 Å². The van der Waals surface area contributed by atoms with E-state index in [2.05, 4.69) is 27.0 Å². The van der Waals surface area contributed by atoms with Crippen molar-refractivity contribution in [2.45, 2.75) is 43.8 Å². The van der Waals surface area contributed by atoms with Gasteiger partial charge < -0.3 is 15.0 Å². The maximum absolute atomic E-state index is 11.5. The molecule has 1 heterocycles. The van der Waals surface area contributed by atoms with Crippen molar-refractivity contribution in [2.75, 3.05) is 39.5 Å². The predicted molar refractivity (Wildman–Crippen MR) is 92.4 cm³/mol. The number of hydrogen-bond acceptors (Lipinski definition) is 4. The van der Waals surface area contributed by atoms with Crippen LogP contribution < -0.4 is 5.32 Å². The minimum Gasteiger partial charge on any atom is -0.469 e. The summed E-state index contributed by atoms with van der Waals surface area (Å²) in [5.41, 5.74) is 0. The standard InChI is InChI=1S/C16H29N3O2S/c1-13(14(20)21-3)11-18-15(17-2)19-9-10-22-16(12-19)7-5-4-6-8-16/h13H,4-12H2,1-3H3,(H,17,18). The first-order chi connectivity index (χ1) is 10.6. The minimum absolute atomic E-state index is 0.162. The van der Waals surface area contributed by atoms with E-state index in [9.17, 15) is 4.79 Å². The molecular weight excluding hydrogens is 298 g/mol. The third kappa shape index (κ3) is 4.31. The van der Waals surface area contributed by atoms with Gasteiger partial charge in [0.05, 0.1) is 13.0 Å². The van der Waals surface area contributed by atoms with Gasteiger partial charge in [0.15, 0.2) is 5.96 Å². The number of ether oxygens (including phenoxy) is 1. The molecule has 22 heavy (non-hydrogen) atoms. The number of nitrogens with one attached hydrogen (secondary N) is 1. The lowest BCUT2D eigenvalue weighted by molar-refractivity contribution is -0.144. The average Bonchev–Trinajstić information content (AvgIpc) is 2.55. The highest BCUT2D eigenvalue weighted by molar-refractivity contribution is 8.00. The quantitative estimate of drug-likeness (QED) is 0.489. The van der Waals surface area contributed by atoms with E-state index in [1.807, 2.05) is 14.0 Å². The third-order valence-electron chi connectivity index (χ3n) is 4.69. The normalized spacial score (nSPS) is 23.2. The molecule has 126 valence electrons. The van der Waals surface area contributed by atoms with E-state index < -0.39 is 0 Å². The van der Waals surface area contributed by atoms with E-state index in [1.165, 1.54) is 39.2 Å². The van der Waals surface area contributed by atoms with Gasteiger partial charge >= 0.3 is 5.97 Å². The predicted octanol–water partition coefficient (Wildman–Crippen LogP) is 2.12. The van der Waals surface area contributed by atoms with Gasteiger partial charge in [0, 0.05) is 37.2 Å². The number of rotatable bonds is 3. The summed E-state index contributed by atoms with van der Waals surface area (Å²) in [6, 6.07) is 0. The number of esters is 1. The van der Waals surface area contributed by atoms with Crippen LogP contribution in [0.15, 0.2) is 4.99 Å². The number of carbonyl (C=O) groups excluding carboxylic acids is 1. The molecule has 1 aliphatic carbocycles. The summed E-state index contributed by atoms with van der Waals surface area (Å²) < 4.78 is 5.20. The zero-order valence-electron chi connectivity index (χ0n) is 14.1. The fraction of sp³-hybridized carbons (Fsp3) is 0.875. The molecule has 1 aliphatic heterocycles. The Morgan fingerprint density at radius 1 is 1.41 bits per heavy atom. The molecule has 1 N–H and O–H groups in total. The lowest BCUT2D eigenvalue weighted by atomic mass is 9.87. The molecule has 0 aromatic heterocycles. The van der Waals surface area contributed by atoms with Gasteiger partial charge in [-0.3, -0.25) is 9.79 Å². The van der Waals surface area contributed by atoms with E-state index in [-0.39, 0.29) is 11.9 Å². The van der Waals surface area contributed by atoms with Crippen molar-refractivity contribution >= 4 is 23.7 Å². The lowest BCUT2D eigenvalue weighted by Gasteiger charge is -2.45. The summed E-state index contributed by atoms with van der Waals surface area (Å²) in [6.07, 6.45) is 6.73. The summed E-state index contributed by atoms with van der Waals surface area (Å²) in [7, 11) is 3.25. The van der Waals surface area contributed by atoms with E-state index in [1.54, 1.807) is 0 Å². The van der Waals surface area contributed by atoms with E-state index in [4.69, 9.17) is 4.74 Å². The number of guanidine groups is 1. The van der Waals surface area contributed by atoms with E-state index in [0.717, 1.165) is 24.8 Å². The van der Waals surface area contributed by atoms with Crippen molar-refractivity contribution in [3.05, 3.63) is 0 Å². The Morgan fingerprint density at radius 3 is 2.77 bits per heavy atom. The van der Waals surface area contributed by atoms with E-state index >= 15 is 0 Å². The first kappa shape index (κ1) is 17.4. The SMILES string of the molecule is CN=C(NCC(C)C(=O)OC)N1CCSC2(CCCCC2)C1. The number of aliphatic imine (C=N–C) groups is 1.